The average Bonchev–Trinajstić information content (AvgIpc) is 0.938. The number of hydrogen-bond donors (Lipinski definition) is 8. The number of hydrogen-bond acceptors (Lipinski definition) is 32. The molecule has 0 fully saturated rings. The van der Waals surface area contributed by atoms with Crippen LogP contribution in [0.3, 0.4) is 0 Å². The predicted molar refractivity (Wildman–Crippen MR) is 409 cm³/mol. The molecule has 0 aliphatic carbocycles. The Kier molecular flexibility index (Phi) is 79.0. The Balaban J connectivity index is 4.58. The molecular weight excluding hydrogens is 1530 g/mol. The second kappa shape index (κ2) is 85.1. The van der Waals surface area contributed by atoms with Crippen molar-refractivity contribution < 1.29 is 128 Å². The number of nitrogens with zero attached hydrogens (tertiary/aromatic N) is 13. The lowest BCUT2D eigenvalue weighted by Crippen LogP contribution is -2.48. The van der Waals surface area contributed by atoms with Gasteiger partial charge in [-0.2, -0.15) is 0 Å². The first-order chi connectivity index (χ1) is 56.3. The number of rotatable bonds is 87. The molecule has 0 aromatic rings. The fourth-order valence-corrected chi connectivity index (χ4v) is 8.87. The fourth-order valence-electron chi connectivity index (χ4n) is 8.87. The Morgan fingerprint density at radius 1 is 0.287 bits per heavy atom. The molecule has 7 amide bonds. The van der Waals surface area contributed by atoms with Gasteiger partial charge in [0.1, 0.15) is 57.6 Å². The van der Waals surface area contributed by atoms with Gasteiger partial charge in [-0.15, -0.1) is 0 Å². The van der Waals surface area contributed by atoms with Crippen molar-refractivity contribution in [2.75, 3.05) is 304 Å². The molecule has 0 bridgehead atoms. The summed E-state index contributed by atoms with van der Waals surface area (Å²) in [5, 5.41) is 32.7. The van der Waals surface area contributed by atoms with Gasteiger partial charge < -0.3 is 133 Å². The van der Waals surface area contributed by atoms with Crippen molar-refractivity contribution in [1.29, 1.82) is 0 Å². The molecule has 48 nitrogen and oxygen atoms in total. The van der Waals surface area contributed by atoms with Crippen LogP contribution in [0, 0.1) is 0 Å². The first-order valence-corrected chi connectivity index (χ1v) is 38.1. The molecular formula is C67H123N21O27. The SMILES string of the molecule is COC(=O)C(CCCCNC(=O)COCCOCCOCCN=C(N)C(CCCCNC(=O)COCCOCCOCCN=[N+]=[N-])NC(=O)COCCOCCOCCN=[N+]=[N-])NC(=O)COCCOCCOCCNC(=O)C(CCCCNC(=O)COCCOCCOCCN=[N+]=[N-])NC(=O)COCCOCCOCCN=[N+]=[N-]. The van der Waals surface area contributed by atoms with E-state index < -0.39 is 47.7 Å². The summed E-state index contributed by atoms with van der Waals surface area (Å²) in [4.78, 5) is 116. The third kappa shape index (κ3) is 76.8. The first kappa shape index (κ1) is 107. The van der Waals surface area contributed by atoms with E-state index in [-0.39, 0.29) is 274 Å². The van der Waals surface area contributed by atoms with E-state index in [1.807, 2.05) is 0 Å². The molecule has 0 rings (SSSR count). The van der Waals surface area contributed by atoms with Gasteiger partial charge in [0.2, 0.25) is 41.4 Å². The maximum absolute atomic E-state index is 13.2. The van der Waals surface area contributed by atoms with Crippen molar-refractivity contribution in [3.63, 3.8) is 0 Å². The molecule has 9 N–H and O–H groups in total. The van der Waals surface area contributed by atoms with Crippen LogP contribution < -0.4 is 43.0 Å². The Labute approximate surface area is 669 Å². The highest BCUT2D eigenvalue weighted by Gasteiger charge is 2.23. The summed E-state index contributed by atoms with van der Waals surface area (Å²) in [5.74, 6) is -3.39. The van der Waals surface area contributed by atoms with Crippen molar-refractivity contribution >= 4 is 53.2 Å². The predicted octanol–water partition coefficient (Wildman–Crippen LogP) is -0.513. The quantitative estimate of drug-likeness (QED) is 0.00723. The van der Waals surface area contributed by atoms with Crippen molar-refractivity contribution in [1.82, 2.24) is 37.2 Å². The Morgan fingerprint density at radius 3 is 0.835 bits per heavy atom. The minimum absolute atomic E-state index is 0.0555. The molecule has 0 aromatic heterocycles. The minimum atomic E-state index is -0.950. The molecule has 0 aromatic carbocycles. The Morgan fingerprint density at radius 2 is 0.530 bits per heavy atom. The third-order valence-electron chi connectivity index (χ3n) is 14.4. The fraction of sp³-hybridized carbons (Fsp3) is 0.866. The van der Waals surface area contributed by atoms with Crippen molar-refractivity contribution in [3.8, 4) is 0 Å². The van der Waals surface area contributed by atoms with Gasteiger partial charge in [-0.1, -0.05) is 20.5 Å². The molecule has 115 heavy (non-hydrogen) atoms. The summed E-state index contributed by atoms with van der Waals surface area (Å²) >= 11 is 0. The van der Waals surface area contributed by atoms with Crippen molar-refractivity contribution in [2.45, 2.75) is 75.9 Å². The number of ether oxygens (including phenoxy) is 19. The molecule has 0 saturated heterocycles. The molecule has 0 saturated carbocycles. The molecule has 0 spiro atoms. The van der Waals surface area contributed by atoms with Crippen LogP contribution in [0.25, 0.3) is 41.8 Å². The van der Waals surface area contributed by atoms with Crippen LogP contribution in [0.1, 0.15) is 57.8 Å². The third-order valence-corrected chi connectivity index (χ3v) is 14.4. The largest absolute Gasteiger partial charge is 0.467 e. The summed E-state index contributed by atoms with van der Waals surface area (Å²) in [7, 11) is 1.20. The maximum Gasteiger partial charge on any atom is 0.328 e. The lowest BCUT2D eigenvalue weighted by atomic mass is 10.1. The standard InChI is InChI=1S/C67H123N21O27/c1-97-67(96)58(84-64(94)55-115-49-43-105-33-27-99-21-15-77-66(95)57(83-63(93)54-114-48-42-109-37-31-103-25-19-81-88-72)9-3-6-12-74-60(90)51-112-46-40-107-35-29-101-23-17-79-86-70)10-4-7-13-75-61(91)52-110-44-38-104-32-26-98-20-14-76-65(68)56(82-62(92)53-113-47-41-108-36-30-102-24-18-80-87-71)8-2-5-11-73-59(89)50-111-45-39-106-34-28-100-22-16-78-85-69/h56-58H,2-55H2,1H3,(H2,68,76)(H,73,89)(H,74,90)(H,75,91)(H,77,95)(H,82,92)(H,83,93)(H,84,94). The van der Waals surface area contributed by atoms with Crippen LogP contribution in [0.5, 0.6) is 0 Å². The zero-order chi connectivity index (χ0) is 83.9. The molecule has 48 heteroatoms. The molecule has 0 aliphatic heterocycles. The van der Waals surface area contributed by atoms with E-state index in [1.165, 1.54) is 7.11 Å². The first-order valence-electron chi connectivity index (χ1n) is 38.1. The lowest BCUT2D eigenvalue weighted by Gasteiger charge is -2.19. The number of azide groups is 4. The normalized spacial score (nSPS) is 11.9. The van der Waals surface area contributed by atoms with Crippen LogP contribution in [0.2, 0.25) is 0 Å². The van der Waals surface area contributed by atoms with Gasteiger partial charge in [0.15, 0.2) is 0 Å². The average molecular weight is 1650 g/mol. The van der Waals surface area contributed by atoms with E-state index in [0.717, 1.165) is 0 Å². The van der Waals surface area contributed by atoms with E-state index in [9.17, 15) is 38.4 Å². The van der Waals surface area contributed by atoms with E-state index in [4.69, 9.17) is 118 Å². The van der Waals surface area contributed by atoms with Crippen molar-refractivity contribution in [2.24, 2.45) is 31.2 Å². The molecule has 3 unspecified atom stereocenters. The molecule has 0 heterocycles. The zero-order valence-electron chi connectivity index (χ0n) is 66.3. The lowest BCUT2D eigenvalue weighted by molar-refractivity contribution is -0.146. The summed E-state index contributed by atoms with van der Waals surface area (Å²) < 4.78 is 102. The number of unbranched alkanes of at least 4 members (excludes halogenated alkanes) is 3. The van der Waals surface area contributed by atoms with Gasteiger partial charge in [0.05, 0.1) is 218 Å². The van der Waals surface area contributed by atoms with Gasteiger partial charge in [0, 0.05) is 72.0 Å². The number of amides is 7. The van der Waals surface area contributed by atoms with E-state index >= 15 is 0 Å². The highest BCUT2D eigenvalue weighted by Crippen LogP contribution is 2.06. The molecule has 658 valence electrons. The molecule has 0 aliphatic rings. The Bertz CT molecular complexity index is 2730. The number of esters is 1. The summed E-state index contributed by atoms with van der Waals surface area (Å²) in [6.07, 6.45) is 3.95. The summed E-state index contributed by atoms with van der Waals surface area (Å²) in [6.45, 7) is 7.45. The number of aliphatic imine (C=N–C) groups is 1. The van der Waals surface area contributed by atoms with Gasteiger partial charge in [0.25, 0.3) is 0 Å². The highest BCUT2D eigenvalue weighted by atomic mass is 16.6. The second-order valence-corrected chi connectivity index (χ2v) is 23.5. The number of carbonyl (C=O) groups is 8. The van der Waals surface area contributed by atoms with Crippen molar-refractivity contribution in [3.05, 3.63) is 41.8 Å². The topological polar surface area (TPSA) is 630 Å². The van der Waals surface area contributed by atoms with E-state index in [0.29, 0.717) is 104 Å². The second-order valence-electron chi connectivity index (χ2n) is 23.5. The monoisotopic (exact) mass is 1650 g/mol. The number of methoxy groups -OCH3 is 1. The number of nitrogens with one attached hydrogen (secondary N) is 7. The van der Waals surface area contributed by atoms with E-state index in [2.05, 4.69) is 82.3 Å². The highest BCUT2D eigenvalue weighted by molar-refractivity contribution is 5.91. The van der Waals surface area contributed by atoms with Crippen LogP contribution >= 0.6 is 0 Å². The number of amidine groups is 1. The smallest absolute Gasteiger partial charge is 0.328 e. The Hall–Kier alpha value is -8.25. The van der Waals surface area contributed by atoms with Gasteiger partial charge in [-0.3, -0.25) is 38.6 Å². The van der Waals surface area contributed by atoms with E-state index in [1.54, 1.807) is 0 Å². The maximum atomic E-state index is 13.2. The number of carbonyl (C=O) groups excluding carboxylic acids is 8. The van der Waals surface area contributed by atoms with Gasteiger partial charge in [-0.25, -0.2) is 4.79 Å². The van der Waals surface area contributed by atoms with Gasteiger partial charge in [-0.05, 0) is 79.9 Å². The van der Waals surface area contributed by atoms with Crippen LogP contribution in [0.15, 0.2) is 25.4 Å². The zero-order valence-corrected chi connectivity index (χ0v) is 66.3. The molecule has 3 atom stereocenters. The molecule has 0 radical (unpaired) electrons. The number of nitrogens with two attached hydrogens (primary N) is 1. The van der Waals surface area contributed by atoms with Crippen LogP contribution in [-0.4, -0.2) is 375 Å². The summed E-state index contributed by atoms with van der Waals surface area (Å²) in [5.41, 5.74) is 39.5. The van der Waals surface area contributed by atoms with Crippen LogP contribution in [-0.2, 0) is 128 Å². The summed E-state index contributed by atoms with van der Waals surface area (Å²) in [6, 6.07) is -2.50. The van der Waals surface area contributed by atoms with Gasteiger partial charge >= 0.3 is 5.97 Å². The van der Waals surface area contributed by atoms with Crippen LogP contribution in [0.4, 0.5) is 0 Å². The minimum Gasteiger partial charge on any atom is -0.467 e.